The van der Waals surface area contributed by atoms with Gasteiger partial charge in [0.25, 0.3) is 0 Å². The third-order valence-corrected chi connectivity index (χ3v) is 5.00. The lowest BCUT2D eigenvalue weighted by Crippen LogP contribution is -2.39. The molecule has 1 unspecified atom stereocenters. The zero-order chi connectivity index (χ0) is 19.8. The number of hydrogen-bond donors (Lipinski definition) is 3. The SMILES string of the molecule is CCNC(=NCc1nc(-c2ccc(OC)cc2)n[nH]1)NCC(C)c1ccsc1.I. The lowest BCUT2D eigenvalue weighted by atomic mass is 10.1. The van der Waals surface area contributed by atoms with Crippen LogP contribution in [0, 0.1) is 0 Å². The Morgan fingerprint density at radius 2 is 2.03 bits per heavy atom. The lowest BCUT2D eigenvalue weighted by Gasteiger charge is -2.15. The number of methoxy groups -OCH3 is 1. The minimum absolute atomic E-state index is 0. The molecule has 3 N–H and O–H groups in total. The molecular formula is C20H27IN6OS. The van der Waals surface area contributed by atoms with Crippen molar-refractivity contribution >= 4 is 41.3 Å². The molecule has 0 saturated carbocycles. The van der Waals surface area contributed by atoms with Gasteiger partial charge in [-0.1, -0.05) is 6.92 Å². The van der Waals surface area contributed by atoms with Crippen LogP contribution in [-0.4, -0.2) is 41.3 Å². The summed E-state index contributed by atoms with van der Waals surface area (Å²) < 4.78 is 5.18. The number of benzene rings is 1. The molecule has 2 aromatic heterocycles. The molecule has 3 rings (SSSR count). The molecule has 1 aromatic carbocycles. The number of guanidine groups is 1. The summed E-state index contributed by atoms with van der Waals surface area (Å²) in [6.45, 7) is 6.29. The van der Waals surface area contributed by atoms with Crippen LogP contribution in [0.1, 0.15) is 31.2 Å². The van der Waals surface area contributed by atoms with Crippen LogP contribution in [0.5, 0.6) is 5.75 Å². The Hall–Kier alpha value is -2.14. The monoisotopic (exact) mass is 526 g/mol. The summed E-state index contributed by atoms with van der Waals surface area (Å²) in [6.07, 6.45) is 0. The van der Waals surface area contributed by atoms with Crippen molar-refractivity contribution in [2.24, 2.45) is 4.99 Å². The number of thiophene rings is 1. The van der Waals surface area contributed by atoms with Crippen LogP contribution >= 0.6 is 35.3 Å². The summed E-state index contributed by atoms with van der Waals surface area (Å²) in [6, 6.07) is 9.83. The molecule has 0 amide bonds. The first kappa shape index (κ1) is 23.1. The van der Waals surface area contributed by atoms with E-state index in [1.165, 1.54) is 5.56 Å². The van der Waals surface area contributed by atoms with E-state index in [4.69, 9.17) is 4.74 Å². The van der Waals surface area contributed by atoms with Crippen LogP contribution in [-0.2, 0) is 6.54 Å². The normalized spacial score (nSPS) is 12.2. The molecule has 2 heterocycles. The summed E-state index contributed by atoms with van der Waals surface area (Å²) in [5, 5.41) is 18.2. The van der Waals surface area contributed by atoms with Gasteiger partial charge in [-0.2, -0.15) is 16.4 Å². The number of ether oxygens (including phenoxy) is 1. The van der Waals surface area contributed by atoms with E-state index in [1.54, 1.807) is 18.4 Å². The average Bonchev–Trinajstić information content (AvgIpc) is 3.42. The topological polar surface area (TPSA) is 87.2 Å². The van der Waals surface area contributed by atoms with Gasteiger partial charge in [0.05, 0.1) is 7.11 Å². The number of aromatic nitrogens is 3. The Morgan fingerprint density at radius 1 is 1.24 bits per heavy atom. The third-order valence-electron chi connectivity index (χ3n) is 4.30. The Kier molecular flexibility index (Phi) is 9.39. The fourth-order valence-electron chi connectivity index (χ4n) is 2.65. The predicted molar refractivity (Wildman–Crippen MR) is 129 cm³/mol. The number of aromatic amines is 1. The highest BCUT2D eigenvalue weighted by atomic mass is 127. The van der Waals surface area contributed by atoms with Crippen molar-refractivity contribution in [3.8, 4) is 17.1 Å². The molecule has 29 heavy (non-hydrogen) atoms. The summed E-state index contributed by atoms with van der Waals surface area (Å²) in [4.78, 5) is 9.15. The van der Waals surface area contributed by atoms with Gasteiger partial charge in [-0.15, -0.1) is 24.0 Å². The largest absolute Gasteiger partial charge is 0.497 e. The predicted octanol–water partition coefficient (Wildman–Crippen LogP) is 4.02. The first-order valence-electron chi connectivity index (χ1n) is 9.29. The molecule has 7 nitrogen and oxygen atoms in total. The minimum atomic E-state index is 0. The Labute approximate surface area is 192 Å². The summed E-state index contributed by atoms with van der Waals surface area (Å²) >= 11 is 1.72. The van der Waals surface area contributed by atoms with Crippen molar-refractivity contribution in [2.45, 2.75) is 26.3 Å². The number of nitrogens with zero attached hydrogens (tertiary/aromatic N) is 3. The van der Waals surface area contributed by atoms with Crippen molar-refractivity contribution < 1.29 is 4.74 Å². The van der Waals surface area contributed by atoms with Gasteiger partial charge in [-0.3, -0.25) is 5.10 Å². The van der Waals surface area contributed by atoms with Gasteiger partial charge in [-0.05, 0) is 59.5 Å². The van der Waals surface area contributed by atoms with Crippen molar-refractivity contribution in [3.05, 3.63) is 52.5 Å². The number of halogens is 1. The van der Waals surface area contributed by atoms with Crippen LogP contribution in [0.15, 0.2) is 46.1 Å². The first-order valence-corrected chi connectivity index (χ1v) is 10.2. The number of aliphatic imine (C=N–C) groups is 1. The molecule has 9 heteroatoms. The summed E-state index contributed by atoms with van der Waals surface area (Å²) in [5.74, 6) is 3.36. The van der Waals surface area contributed by atoms with Crippen molar-refractivity contribution in [1.82, 2.24) is 25.8 Å². The Bertz CT molecular complexity index is 879. The van der Waals surface area contributed by atoms with Gasteiger partial charge < -0.3 is 15.4 Å². The van der Waals surface area contributed by atoms with E-state index < -0.39 is 0 Å². The Balaban J connectivity index is 0.00000300. The van der Waals surface area contributed by atoms with Gasteiger partial charge >= 0.3 is 0 Å². The average molecular weight is 526 g/mol. The maximum absolute atomic E-state index is 5.18. The second-order valence-electron chi connectivity index (χ2n) is 6.37. The van der Waals surface area contributed by atoms with E-state index in [0.29, 0.717) is 24.1 Å². The van der Waals surface area contributed by atoms with Crippen LogP contribution < -0.4 is 15.4 Å². The second kappa shape index (κ2) is 11.8. The van der Waals surface area contributed by atoms with E-state index in [2.05, 4.69) is 61.5 Å². The van der Waals surface area contributed by atoms with Gasteiger partial charge in [0, 0.05) is 18.7 Å². The van der Waals surface area contributed by atoms with Crippen LogP contribution in [0.2, 0.25) is 0 Å². The summed E-state index contributed by atoms with van der Waals surface area (Å²) in [7, 11) is 1.65. The minimum Gasteiger partial charge on any atom is -0.497 e. The molecule has 0 radical (unpaired) electrons. The van der Waals surface area contributed by atoms with Gasteiger partial charge in [0.1, 0.15) is 18.1 Å². The molecule has 0 bridgehead atoms. The number of H-pyrrole nitrogens is 1. The number of rotatable bonds is 8. The molecule has 0 fully saturated rings. The van der Waals surface area contributed by atoms with Crippen molar-refractivity contribution in [2.75, 3.05) is 20.2 Å². The van der Waals surface area contributed by atoms with Crippen molar-refractivity contribution in [3.63, 3.8) is 0 Å². The second-order valence-corrected chi connectivity index (χ2v) is 7.15. The highest BCUT2D eigenvalue weighted by molar-refractivity contribution is 14.0. The molecule has 0 spiro atoms. The smallest absolute Gasteiger partial charge is 0.191 e. The molecule has 0 aliphatic rings. The number of nitrogens with one attached hydrogen (secondary N) is 3. The van der Waals surface area contributed by atoms with Crippen molar-refractivity contribution in [1.29, 1.82) is 0 Å². The highest BCUT2D eigenvalue weighted by Gasteiger charge is 2.09. The molecule has 0 aliphatic carbocycles. The van der Waals surface area contributed by atoms with Crippen LogP contribution in [0.4, 0.5) is 0 Å². The molecule has 0 saturated heterocycles. The van der Waals surface area contributed by atoms with E-state index in [-0.39, 0.29) is 24.0 Å². The van der Waals surface area contributed by atoms with Gasteiger partial charge in [0.15, 0.2) is 11.8 Å². The van der Waals surface area contributed by atoms with Crippen LogP contribution in [0.3, 0.4) is 0 Å². The molecule has 3 aromatic rings. The van der Waals surface area contributed by atoms with E-state index in [1.807, 2.05) is 24.3 Å². The van der Waals surface area contributed by atoms with Gasteiger partial charge in [-0.25, -0.2) is 9.98 Å². The molecular weight excluding hydrogens is 499 g/mol. The zero-order valence-electron chi connectivity index (χ0n) is 16.8. The maximum atomic E-state index is 5.18. The molecule has 1 atom stereocenters. The third kappa shape index (κ3) is 6.70. The number of hydrogen-bond acceptors (Lipinski definition) is 5. The quantitative estimate of drug-likeness (QED) is 0.235. The van der Waals surface area contributed by atoms with E-state index in [0.717, 1.165) is 30.4 Å². The highest BCUT2D eigenvalue weighted by Crippen LogP contribution is 2.19. The standard InChI is InChI=1S/C20H26N6OS.HI/c1-4-21-20(22-11-14(2)16-9-10-28-13-16)23-12-18-24-19(26-25-18)15-5-7-17(27-3)8-6-15;/h5-10,13-14H,4,11-12H2,1-3H3,(H2,21,22,23)(H,24,25,26);1H. The Morgan fingerprint density at radius 3 is 2.69 bits per heavy atom. The lowest BCUT2D eigenvalue weighted by molar-refractivity contribution is 0.415. The van der Waals surface area contributed by atoms with E-state index >= 15 is 0 Å². The maximum Gasteiger partial charge on any atom is 0.191 e. The zero-order valence-corrected chi connectivity index (χ0v) is 20.0. The first-order chi connectivity index (χ1) is 13.7. The fourth-order valence-corrected chi connectivity index (χ4v) is 3.44. The molecule has 156 valence electrons. The van der Waals surface area contributed by atoms with E-state index in [9.17, 15) is 0 Å². The summed E-state index contributed by atoms with van der Waals surface area (Å²) in [5.41, 5.74) is 2.27. The van der Waals surface area contributed by atoms with Crippen LogP contribution in [0.25, 0.3) is 11.4 Å². The van der Waals surface area contributed by atoms with Gasteiger partial charge in [0.2, 0.25) is 0 Å². The fraction of sp³-hybridized carbons (Fsp3) is 0.350. The molecule has 0 aliphatic heterocycles.